The van der Waals surface area contributed by atoms with Crippen molar-refractivity contribution in [2.45, 2.75) is 39.9 Å². The molecule has 0 saturated carbocycles. The Morgan fingerprint density at radius 3 is 2.57 bits per heavy atom. The smallest absolute Gasteiger partial charge is 0.109 e. The van der Waals surface area contributed by atoms with Gasteiger partial charge >= 0.3 is 0 Å². The van der Waals surface area contributed by atoms with Crippen molar-refractivity contribution >= 4 is 0 Å². The van der Waals surface area contributed by atoms with Gasteiger partial charge in [0.15, 0.2) is 0 Å². The Morgan fingerprint density at radius 1 is 1.43 bits per heavy atom. The van der Waals surface area contributed by atoms with Crippen LogP contribution in [-0.2, 0) is 0 Å². The lowest BCUT2D eigenvalue weighted by molar-refractivity contribution is 0.466. The molecule has 0 rings (SSSR count). The van der Waals surface area contributed by atoms with Crippen molar-refractivity contribution in [3.8, 4) is 0 Å². The predicted molar refractivity (Wildman–Crippen MR) is 59.7 cm³/mol. The van der Waals surface area contributed by atoms with Gasteiger partial charge in [-0.2, -0.15) is 0 Å². The van der Waals surface area contributed by atoms with Crippen LogP contribution in [0.4, 0.5) is 4.39 Å². The number of nitrogens with one attached hydrogen (secondary N) is 2. The Morgan fingerprint density at radius 2 is 2.07 bits per heavy atom. The molecule has 0 fully saturated rings. The van der Waals surface area contributed by atoms with E-state index < -0.39 is 6.67 Å². The molecule has 0 amide bonds. The number of rotatable bonds is 6. The van der Waals surface area contributed by atoms with E-state index in [0.29, 0.717) is 6.04 Å². The maximum atomic E-state index is 11.7. The first-order valence-electron chi connectivity index (χ1n) is 4.97. The Kier molecular flexibility index (Phi) is 7.11. The summed E-state index contributed by atoms with van der Waals surface area (Å²) in [5, 5.41) is 6.37. The zero-order valence-corrected chi connectivity index (χ0v) is 9.47. The van der Waals surface area contributed by atoms with Gasteiger partial charge in [0.1, 0.15) is 6.67 Å². The molecule has 1 unspecified atom stereocenters. The van der Waals surface area contributed by atoms with E-state index in [4.69, 9.17) is 0 Å². The van der Waals surface area contributed by atoms with E-state index in [1.54, 1.807) is 6.20 Å². The van der Waals surface area contributed by atoms with E-state index in [1.165, 1.54) is 11.6 Å². The van der Waals surface area contributed by atoms with Crippen LogP contribution >= 0.6 is 0 Å². The van der Waals surface area contributed by atoms with E-state index in [-0.39, 0.29) is 6.17 Å². The quantitative estimate of drug-likeness (QED) is 0.508. The number of hydrogen-bond acceptors (Lipinski definition) is 2. The molecule has 3 heteroatoms. The Hall–Kier alpha value is -0.830. The summed E-state index contributed by atoms with van der Waals surface area (Å²) in [7, 11) is 0. The summed E-state index contributed by atoms with van der Waals surface area (Å²) in [5.41, 5.74) is 1.30. The van der Waals surface area contributed by atoms with Gasteiger partial charge in [-0.3, -0.25) is 5.32 Å². The highest BCUT2D eigenvalue weighted by Gasteiger charge is 2.05. The summed E-state index contributed by atoms with van der Waals surface area (Å²) in [6.45, 7) is 7.79. The zero-order valence-electron chi connectivity index (χ0n) is 9.47. The highest BCUT2D eigenvalue weighted by atomic mass is 19.1. The standard InChI is InChI=1S/C11H21FN2/c1-5-9(2)10(3)14-11(4)13-8-6-7-12/h5-6,8,10-11,13-14H,7H2,1-4H3/b8-6-,9-5+/t10?,11-/m0/s1. The molecule has 0 bridgehead atoms. The lowest BCUT2D eigenvalue weighted by Crippen LogP contribution is -2.42. The van der Waals surface area contributed by atoms with Gasteiger partial charge in [0.25, 0.3) is 0 Å². The molecule has 2 N–H and O–H groups in total. The van der Waals surface area contributed by atoms with Crippen LogP contribution in [0.25, 0.3) is 0 Å². The second-order valence-corrected chi connectivity index (χ2v) is 3.37. The monoisotopic (exact) mass is 200 g/mol. The van der Waals surface area contributed by atoms with Crippen molar-refractivity contribution in [1.29, 1.82) is 0 Å². The first-order valence-corrected chi connectivity index (χ1v) is 4.97. The first kappa shape index (κ1) is 13.2. The van der Waals surface area contributed by atoms with Crippen LogP contribution in [0.15, 0.2) is 23.9 Å². The molecule has 14 heavy (non-hydrogen) atoms. The van der Waals surface area contributed by atoms with E-state index in [1.807, 2.05) is 13.8 Å². The van der Waals surface area contributed by atoms with Gasteiger partial charge < -0.3 is 5.32 Å². The minimum Gasteiger partial charge on any atom is -0.376 e. The lowest BCUT2D eigenvalue weighted by Gasteiger charge is -2.20. The van der Waals surface area contributed by atoms with Crippen LogP contribution < -0.4 is 10.6 Å². The van der Waals surface area contributed by atoms with E-state index >= 15 is 0 Å². The van der Waals surface area contributed by atoms with E-state index in [2.05, 4.69) is 30.6 Å². The summed E-state index contributed by atoms with van der Waals surface area (Å²) in [6, 6.07) is 0.335. The second-order valence-electron chi connectivity index (χ2n) is 3.37. The number of halogens is 1. The van der Waals surface area contributed by atoms with Crippen molar-refractivity contribution in [1.82, 2.24) is 10.6 Å². The molecular formula is C11H21FN2. The number of alkyl halides is 1. The third-order valence-corrected chi connectivity index (χ3v) is 2.19. The van der Waals surface area contributed by atoms with Crippen molar-refractivity contribution in [2.75, 3.05) is 6.67 Å². The van der Waals surface area contributed by atoms with Crippen LogP contribution in [0.2, 0.25) is 0 Å². The molecule has 0 spiro atoms. The van der Waals surface area contributed by atoms with Gasteiger partial charge in [-0.1, -0.05) is 11.6 Å². The van der Waals surface area contributed by atoms with Gasteiger partial charge in [-0.15, -0.1) is 0 Å². The molecule has 2 nitrogen and oxygen atoms in total. The Balaban J connectivity index is 3.82. The second kappa shape index (κ2) is 7.56. The van der Waals surface area contributed by atoms with Crippen LogP contribution in [0.3, 0.4) is 0 Å². The predicted octanol–water partition coefficient (Wildman–Crippen LogP) is 2.35. The molecular weight excluding hydrogens is 179 g/mol. The van der Waals surface area contributed by atoms with Crippen molar-refractivity contribution in [3.05, 3.63) is 23.9 Å². The molecule has 82 valence electrons. The minimum absolute atomic E-state index is 0.141. The third-order valence-electron chi connectivity index (χ3n) is 2.19. The maximum Gasteiger partial charge on any atom is 0.109 e. The summed E-state index contributed by atoms with van der Waals surface area (Å²) in [5.74, 6) is 0. The first-order chi connectivity index (χ1) is 6.61. The highest BCUT2D eigenvalue weighted by molar-refractivity contribution is 5.04. The average molecular weight is 200 g/mol. The third kappa shape index (κ3) is 5.75. The van der Waals surface area contributed by atoms with Crippen molar-refractivity contribution in [3.63, 3.8) is 0 Å². The molecule has 0 aromatic carbocycles. The lowest BCUT2D eigenvalue weighted by atomic mass is 10.1. The maximum absolute atomic E-state index is 11.7. The Labute approximate surface area is 86.3 Å². The van der Waals surface area contributed by atoms with Gasteiger partial charge in [0.2, 0.25) is 0 Å². The molecule has 0 aromatic rings. The van der Waals surface area contributed by atoms with Crippen LogP contribution in [0, 0.1) is 0 Å². The summed E-state index contributed by atoms with van der Waals surface area (Å²) >= 11 is 0. The molecule has 0 aliphatic heterocycles. The summed E-state index contributed by atoms with van der Waals surface area (Å²) in [4.78, 5) is 0. The average Bonchev–Trinajstić information content (AvgIpc) is 2.16. The summed E-state index contributed by atoms with van der Waals surface area (Å²) in [6.07, 6.45) is 5.31. The molecule has 0 aliphatic rings. The SMILES string of the molecule is C/C=C(\C)C(C)N[C@@H](C)N/C=C\CF. The minimum atomic E-state index is -0.427. The molecule has 0 aliphatic carbocycles. The normalized spacial score (nSPS) is 17.1. The molecule has 0 heterocycles. The highest BCUT2D eigenvalue weighted by Crippen LogP contribution is 2.00. The summed E-state index contributed by atoms with van der Waals surface area (Å²) < 4.78 is 11.7. The fourth-order valence-electron chi connectivity index (χ4n) is 1.06. The molecule has 2 atom stereocenters. The molecule has 0 saturated heterocycles. The fourth-order valence-corrected chi connectivity index (χ4v) is 1.06. The van der Waals surface area contributed by atoms with Crippen molar-refractivity contribution in [2.24, 2.45) is 0 Å². The van der Waals surface area contributed by atoms with Crippen molar-refractivity contribution < 1.29 is 4.39 Å². The van der Waals surface area contributed by atoms with Gasteiger partial charge in [0, 0.05) is 6.04 Å². The van der Waals surface area contributed by atoms with Crippen LogP contribution in [-0.4, -0.2) is 18.9 Å². The fraction of sp³-hybridized carbons (Fsp3) is 0.636. The molecule has 0 aromatic heterocycles. The number of hydrogen-bond donors (Lipinski definition) is 2. The van der Waals surface area contributed by atoms with Gasteiger partial charge in [0.05, 0.1) is 6.17 Å². The Bertz CT molecular complexity index is 199. The van der Waals surface area contributed by atoms with E-state index in [9.17, 15) is 4.39 Å². The topological polar surface area (TPSA) is 24.1 Å². The number of allylic oxidation sites excluding steroid dienone is 2. The zero-order chi connectivity index (χ0) is 11.0. The van der Waals surface area contributed by atoms with Crippen LogP contribution in [0.1, 0.15) is 27.7 Å². The van der Waals surface area contributed by atoms with Gasteiger partial charge in [-0.25, -0.2) is 4.39 Å². The molecule has 0 radical (unpaired) electrons. The van der Waals surface area contributed by atoms with Gasteiger partial charge in [-0.05, 0) is 40.0 Å². The van der Waals surface area contributed by atoms with Crippen LogP contribution in [0.5, 0.6) is 0 Å². The largest absolute Gasteiger partial charge is 0.376 e. The van der Waals surface area contributed by atoms with E-state index in [0.717, 1.165) is 0 Å².